The van der Waals surface area contributed by atoms with Gasteiger partial charge in [-0.15, -0.1) is 0 Å². The highest BCUT2D eigenvalue weighted by molar-refractivity contribution is 6.11. The molecule has 680 valence electrons. The van der Waals surface area contributed by atoms with Crippen molar-refractivity contribution < 1.29 is 0 Å². The lowest BCUT2D eigenvalue weighted by molar-refractivity contribution is 0.000554. The van der Waals surface area contributed by atoms with Gasteiger partial charge in [0.1, 0.15) is 0 Å². The second kappa shape index (κ2) is 39.1. The van der Waals surface area contributed by atoms with Gasteiger partial charge >= 0.3 is 0 Å². The van der Waals surface area contributed by atoms with Crippen LogP contribution in [0.25, 0.3) is 138 Å². The van der Waals surface area contributed by atoms with Crippen LogP contribution in [0.5, 0.6) is 0 Å². The molecule has 4 heteroatoms. The second-order valence-corrected chi connectivity index (χ2v) is 40.2. The molecule has 0 aliphatic heterocycles. The lowest BCUT2D eigenvalue weighted by atomic mass is 9.52. The highest BCUT2D eigenvalue weighted by Gasteiger charge is 2.54. The Balaban J connectivity index is 0.000000115. The number of nitrogens with zero attached hydrogens (tertiary/aromatic N) is 4. The molecule has 0 spiro atoms. The molecule has 0 saturated heterocycles. The summed E-state index contributed by atoms with van der Waals surface area (Å²) in [6, 6.07) is 182. The fraction of sp³-hybridized carbons (Fsp3) is 0.162. The van der Waals surface area contributed by atoms with Crippen LogP contribution in [-0.2, 0) is 0 Å². The maximum atomic E-state index is 2.88. The highest BCUT2D eigenvalue weighted by atomic mass is 15.2. The molecular formula is C136H116N4. The van der Waals surface area contributed by atoms with Crippen LogP contribution < -0.4 is 14.7 Å². The number of benzene rings is 20. The van der Waals surface area contributed by atoms with Crippen molar-refractivity contribution in [1.82, 2.24) is 4.57 Å². The third-order valence-electron chi connectivity index (χ3n) is 31.6. The van der Waals surface area contributed by atoms with Crippen LogP contribution in [0.15, 0.2) is 491 Å². The minimum Gasteiger partial charge on any atom is -0.366 e. The number of hydrogen-bond donors (Lipinski definition) is 0. The standard InChI is InChI=1S/C52H36N2.C46H45N.C38H35N/c1-4-14-37(15-5-1)38-24-28-44(29-25-38)53(46-32-33-52-50(36-46)48-22-12-13-23-51(48)54(52)43-19-8-3-9-20-43)45-30-26-39(27-31-45)42-34-41-18-10-11-21-47(41)49(35-42)40-16-6-2-7-17-40;1-4-12-34(13-5-1)36-20-26-42(27-21-36)47(43-28-22-37(23-29-43)35-14-6-2-7-15-35)44-30-24-38(25-31-44)41-32-40-18-10-11-19-45(40)46(33-41)39-16-8-3-9-17-39;1-3-9-31(10-4-1)37-23-33(22-32-11-7-8-14-36(32)37)30-15-17-35(18-16-30)39(34-12-5-2-6-13-34)38-24-27-19-28(25-38)21-29(20-27)26-38/h1-36H;1-19,24-25,30-33,36-37,42-43H,20-23,26-29H2;1-18,22-23,27-29H,19-21,24-26H2. The van der Waals surface area contributed by atoms with Crippen molar-refractivity contribution in [2.75, 3.05) is 14.7 Å². The lowest BCUT2D eigenvalue weighted by Crippen LogP contribution is -2.58. The Morgan fingerprint density at radius 2 is 0.507 bits per heavy atom. The molecule has 0 radical (unpaired) electrons. The van der Waals surface area contributed by atoms with Crippen LogP contribution in [0.4, 0.5) is 34.1 Å². The van der Waals surface area contributed by atoms with Gasteiger partial charge in [-0.05, 0) is 374 Å². The van der Waals surface area contributed by atoms with Crippen LogP contribution in [0, 0.1) is 17.8 Å². The van der Waals surface area contributed by atoms with Gasteiger partial charge in [0.15, 0.2) is 0 Å². The maximum Gasteiger partial charge on any atom is 0.0542 e. The Labute approximate surface area is 824 Å². The molecule has 6 saturated carbocycles. The summed E-state index contributed by atoms with van der Waals surface area (Å²) in [6.07, 6.45) is 18.6. The molecule has 4 bridgehead atoms. The molecule has 27 rings (SSSR count). The van der Waals surface area contributed by atoms with Crippen LogP contribution in [-0.4, -0.2) is 22.2 Å². The minimum atomic E-state index is 0.265. The van der Waals surface area contributed by atoms with Crippen molar-refractivity contribution in [1.29, 1.82) is 0 Å². The Kier molecular flexibility index (Phi) is 24.3. The molecule has 0 atom stereocenters. The fourth-order valence-electron chi connectivity index (χ4n) is 25.4. The predicted octanol–water partition coefficient (Wildman–Crippen LogP) is 37.1. The van der Waals surface area contributed by atoms with E-state index in [4.69, 9.17) is 0 Å². The maximum absolute atomic E-state index is 2.88. The average molecular weight is 1810 g/mol. The fourth-order valence-corrected chi connectivity index (χ4v) is 25.4. The van der Waals surface area contributed by atoms with Crippen LogP contribution in [0.3, 0.4) is 0 Å². The number of rotatable bonds is 19. The van der Waals surface area contributed by atoms with Crippen molar-refractivity contribution in [3.8, 4) is 83.6 Å². The molecule has 6 aliphatic rings. The Bertz CT molecular complexity index is 7750. The molecule has 0 N–H and O–H groups in total. The molecule has 4 nitrogen and oxygen atoms in total. The predicted molar refractivity (Wildman–Crippen MR) is 594 cm³/mol. The quantitative estimate of drug-likeness (QED) is 0.0802. The molecule has 0 unspecified atom stereocenters. The first kappa shape index (κ1) is 87.2. The zero-order chi connectivity index (χ0) is 93.1. The van der Waals surface area contributed by atoms with Gasteiger partial charge < -0.3 is 19.3 Å². The molecule has 1 heterocycles. The van der Waals surface area contributed by atoms with E-state index in [1.807, 2.05) is 0 Å². The van der Waals surface area contributed by atoms with Crippen LogP contribution >= 0.6 is 0 Å². The summed E-state index contributed by atoms with van der Waals surface area (Å²) >= 11 is 0. The monoisotopic (exact) mass is 1800 g/mol. The largest absolute Gasteiger partial charge is 0.366 e. The van der Waals surface area contributed by atoms with E-state index in [9.17, 15) is 0 Å². The van der Waals surface area contributed by atoms with Crippen molar-refractivity contribution in [2.24, 2.45) is 17.8 Å². The normalized spacial score (nSPS) is 18.6. The van der Waals surface area contributed by atoms with Crippen molar-refractivity contribution >= 4 is 88.2 Å². The van der Waals surface area contributed by atoms with E-state index in [1.165, 1.54) is 250 Å². The Morgan fingerprint density at radius 1 is 0.207 bits per heavy atom. The second-order valence-electron chi connectivity index (χ2n) is 40.2. The summed E-state index contributed by atoms with van der Waals surface area (Å²) in [5.74, 6) is 4.12. The number of hydrogen-bond acceptors (Lipinski definition) is 3. The first-order valence-electron chi connectivity index (χ1n) is 51.2. The molecule has 6 aliphatic carbocycles. The van der Waals surface area contributed by atoms with Crippen LogP contribution in [0.2, 0.25) is 0 Å². The van der Waals surface area contributed by atoms with Gasteiger partial charge in [-0.2, -0.15) is 0 Å². The van der Waals surface area contributed by atoms with Gasteiger partial charge in [0.2, 0.25) is 0 Å². The van der Waals surface area contributed by atoms with E-state index in [0.29, 0.717) is 23.9 Å². The first-order chi connectivity index (χ1) is 69.3. The van der Waals surface area contributed by atoms with E-state index < -0.39 is 0 Å². The molecule has 0 amide bonds. The summed E-state index contributed by atoms with van der Waals surface area (Å²) in [5, 5.41) is 10.2. The van der Waals surface area contributed by atoms with Crippen molar-refractivity contribution in [3.05, 3.63) is 503 Å². The van der Waals surface area contributed by atoms with Crippen molar-refractivity contribution in [2.45, 2.75) is 119 Å². The zero-order valence-electron chi connectivity index (χ0n) is 79.5. The summed E-state index contributed by atoms with van der Waals surface area (Å²) in [4.78, 5) is 8.00. The number of anilines is 6. The average Bonchev–Trinajstić information content (AvgIpc) is 1.21. The third kappa shape index (κ3) is 17.8. The molecule has 20 aromatic carbocycles. The molecular weight excluding hydrogens is 1690 g/mol. The van der Waals surface area contributed by atoms with Gasteiger partial charge in [-0.1, -0.05) is 358 Å². The van der Waals surface area contributed by atoms with Gasteiger partial charge in [-0.25, -0.2) is 0 Å². The third-order valence-corrected chi connectivity index (χ3v) is 31.6. The summed E-state index contributed by atoms with van der Waals surface area (Å²) in [7, 11) is 0. The summed E-state index contributed by atoms with van der Waals surface area (Å²) < 4.78 is 2.37. The van der Waals surface area contributed by atoms with E-state index in [0.717, 1.165) is 40.5 Å². The number of fused-ring (bicyclic) bond motifs is 6. The first-order valence-corrected chi connectivity index (χ1v) is 51.2. The Hall–Kier alpha value is -15.6. The van der Waals surface area contributed by atoms with E-state index in [-0.39, 0.29) is 5.54 Å². The summed E-state index contributed by atoms with van der Waals surface area (Å²) in [5.41, 5.74) is 31.8. The van der Waals surface area contributed by atoms with E-state index in [2.05, 4.69) is 511 Å². The molecule has 6 fully saturated rings. The molecule has 1 aromatic heterocycles. The number of aromatic nitrogens is 1. The van der Waals surface area contributed by atoms with Gasteiger partial charge in [0.05, 0.1) is 11.0 Å². The van der Waals surface area contributed by atoms with Gasteiger partial charge in [0, 0.05) is 68.2 Å². The van der Waals surface area contributed by atoms with Crippen molar-refractivity contribution in [3.63, 3.8) is 0 Å². The van der Waals surface area contributed by atoms with E-state index >= 15 is 0 Å². The molecule has 140 heavy (non-hydrogen) atoms. The van der Waals surface area contributed by atoms with Gasteiger partial charge in [0.25, 0.3) is 0 Å². The topological polar surface area (TPSA) is 14.7 Å². The van der Waals surface area contributed by atoms with E-state index in [1.54, 1.807) is 0 Å². The van der Waals surface area contributed by atoms with Gasteiger partial charge in [-0.3, -0.25) is 0 Å². The summed E-state index contributed by atoms with van der Waals surface area (Å²) in [6.45, 7) is 0. The zero-order valence-corrected chi connectivity index (χ0v) is 79.5. The highest BCUT2D eigenvalue weighted by Crippen LogP contribution is 2.60. The lowest BCUT2D eigenvalue weighted by Gasteiger charge is -2.61. The molecule has 21 aromatic rings. The van der Waals surface area contributed by atoms with Crippen LogP contribution in [0.1, 0.15) is 113 Å². The smallest absolute Gasteiger partial charge is 0.0542 e. The minimum absolute atomic E-state index is 0.265. The number of para-hydroxylation sites is 3. The Morgan fingerprint density at radius 3 is 0.914 bits per heavy atom. The SMILES string of the molecule is c1ccc(-c2cc(-c3ccc(N(C4CCC(c5ccccc5)CC4)C4CCC(c5ccccc5)CC4)cc3)cc3ccccc23)cc1.c1ccc(-c2cc(-c3ccc(N(c4ccccc4)C45CC6CC(CC(C6)C4)C5)cc3)cc3ccccc23)cc1.c1ccc(-c2ccc(N(c3ccc(-c4cc(-c5ccccc5)c5ccccc5c4)cc3)c3ccc4c(c3)c3ccccc3n4-c3ccccc3)cc2)cc1.